The van der Waals surface area contributed by atoms with Gasteiger partial charge in [-0.05, 0) is 82.7 Å². The van der Waals surface area contributed by atoms with Crippen LogP contribution < -0.4 is 19.6 Å². The number of rotatable bonds is 7. The molecule has 0 aliphatic carbocycles. The van der Waals surface area contributed by atoms with Crippen molar-refractivity contribution in [1.82, 2.24) is 4.57 Å². The van der Waals surface area contributed by atoms with Crippen LogP contribution in [0.4, 0.5) is 0 Å². The second kappa shape index (κ2) is 11.4. The summed E-state index contributed by atoms with van der Waals surface area (Å²) < 4.78 is 14.2. The summed E-state index contributed by atoms with van der Waals surface area (Å²) in [5.74, 6) is 0.227. The van der Waals surface area contributed by atoms with E-state index in [-0.39, 0.29) is 12.2 Å². The smallest absolute Gasteiger partial charge is 0.338 e. The summed E-state index contributed by atoms with van der Waals surface area (Å²) in [5.41, 5.74) is 2.57. The first-order valence-electron chi connectivity index (χ1n) is 11.8. The average Bonchev–Trinajstić information content (AvgIpc) is 3.52. The first-order valence-corrected chi connectivity index (χ1v) is 14.6. The number of benzene rings is 2. The van der Waals surface area contributed by atoms with Crippen molar-refractivity contribution in [2.75, 3.05) is 6.61 Å². The molecule has 10 heteroatoms. The molecule has 38 heavy (non-hydrogen) atoms. The molecule has 4 aromatic rings. The van der Waals surface area contributed by atoms with Gasteiger partial charge in [0.2, 0.25) is 0 Å². The zero-order valence-corrected chi connectivity index (χ0v) is 24.4. The summed E-state index contributed by atoms with van der Waals surface area (Å²) in [6.45, 7) is 4.18. The molecule has 0 fully saturated rings. The summed E-state index contributed by atoms with van der Waals surface area (Å²) >= 11 is 12.3. The predicted molar refractivity (Wildman–Crippen MR) is 155 cm³/mol. The second-order valence-corrected chi connectivity index (χ2v) is 11.7. The molecule has 0 N–H and O–H groups in total. The van der Waals surface area contributed by atoms with Gasteiger partial charge < -0.3 is 9.47 Å². The van der Waals surface area contributed by atoms with Crippen LogP contribution in [-0.4, -0.2) is 17.1 Å². The predicted octanol–water partition coefficient (Wildman–Crippen LogP) is 5.85. The van der Waals surface area contributed by atoms with Crippen molar-refractivity contribution in [2.24, 2.45) is 4.99 Å². The maximum Gasteiger partial charge on any atom is 0.338 e. The Labute approximate surface area is 240 Å². The Kier molecular flexibility index (Phi) is 7.99. The third-order valence-electron chi connectivity index (χ3n) is 5.89. The van der Waals surface area contributed by atoms with Gasteiger partial charge in [0.15, 0.2) is 4.80 Å². The number of nitrogens with zero attached hydrogens (tertiary/aromatic N) is 2. The summed E-state index contributed by atoms with van der Waals surface area (Å²) in [6.07, 6.45) is 1.83. The number of carbonyl (C=O) groups excluding carboxylic acids is 1. The Hall–Kier alpha value is -2.98. The van der Waals surface area contributed by atoms with E-state index >= 15 is 0 Å². The molecule has 3 heterocycles. The van der Waals surface area contributed by atoms with Crippen molar-refractivity contribution in [2.45, 2.75) is 26.5 Å². The third kappa shape index (κ3) is 5.42. The summed E-state index contributed by atoms with van der Waals surface area (Å²) in [6, 6.07) is 16.4. The highest BCUT2D eigenvalue weighted by Crippen LogP contribution is 2.33. The first-order chi connectivity index (χ1) is 18.4. The fourth-order valence-corrected chi connectivity index (χ4v) is 6.63. The fourth-order valence-electron chi connectivity index (χ4n) is 4.12. The van der Waals surface area contributed by atoms with Crippen LogP contribution in [-0.2, 0) is 16.1 Å². The van der Waals surface area contributed by atoms with Crippen LogP contribution in [0.3, 0.4) is 0 Å². The molecule has 194 valence electrons. The van der Waals surface area contributed by atoms with E-state index in [0.717, 1.165) is 20.5 Å². The molecule has 1 atom stereocenters. The lowest BCUT2D eigenvalue weighted by Gasteiger charge is -2.23. The Balaban J connectivity index is 1.49. The second-order valence-electron chi connectivity index (χ2n) is 8.42. The van der Waals surface area contributed by atoms with Gasteiger partial charge in [-0.2, -0.15) is 0 Å². The quantitative estimate of drug-likeness (QED) is 0.241. The highest BCUT2D eigenvalue weighted by molar-refractivity contribution is 9.10. The summed E-state index contributed by atoms with van der Waals surface area (Å²) in [5, 5.41) is 2.61. The van der Waals surface area contributed by atoms with Gasteiger partial charge in [0.05, 0.1) is 26.9 Å². The van der Waals surface area contributed by atoms with E-state index in [4.69, 9.17) is 21.1 Å². The normalized spacial score (nSPS) is 15.3. The number of hydrogen-bond donors (Lipinski definition) is 0. The highest BCUT2D eigenvalue weighted by atomic mass is 79.9. The molecule has 0 radical (unpaired) electrons. The van der Waals surface area contributed by atoms with Crippen molar-refractivity contribution >= 4 is 62.2 Å². The minimum atomic E-state index is -0.581. The van der Waals surface area contributed by atoms with E-state index in [0.29, 0.717) is 38.0 Å². The summed E-state index contributed by atoms with van der Waals surface area (Å²) in [7, 11) is 0. The molecule has 1 aliphatic rings. The van der Waals surface area contributed by atoms with Crippen LogP contribution in [0.2, 0.25) is 5.02 Å². The molecule has 0 spiro atoms. The van der Waals surface area contributed by atoms with Gasteiger partial charge in [0, 0.05) is 9.90 Å². The van der Waals surface area contributed by atoms with E-state index in [2.05, 4.69) is 20.9 Å². The molecular formula is C28H22BrClN2O4S2. The molecule has 0 unspecified atom stereocenters. The molecule has 1 aliphatic heterocycles. The minimum absolute atomic E-state index is 0.208. The van der Waals surface area contributed by atoms with Gasteiger partial charge in [-0.25, -0.2) is 9.79 Å². The largest absolute Gasteiger partial charge is 0.488 e. The number of thiazole rings is 1. The van der Waals surface area contributed by atoms with Crippen LogP contribution >= 0.6 is 50.2 Å². The van der Waals surface area contributed by atoms with E-state index in [9.17, 15) is 9.59 Å². The average molecular weight is 630 g/mol. The van der Waals surface area contributed by atoms with E-state index in [1.165, 1.54) is 22.7 Å². The molecule has 0 amide bonds. The van der Waals surface area contributed by atoms with E-state index in [1.807, 2.05) is 66.1 Å². The topological polar surface area (TPSA) is 69.9 Å². The Morgan fingerprint density at radius 3 is 2.68 bits per heavy atom. The number of thiophene rings is 1. The number of hydrogen-bond acceptors (Lipinski definition) is 7. The first kappa shape index (κ1) is 26.6. The van der Waals surface area contributed by atoms with Crippen molar-refractivity contribution in [3.8, 4) is 5.75 Å². The van der Waals surface area contributed by atoms with Gasteiger partial charge in [0.1, 0.15) is 18.4 Å². The standard InChI is InChI=1S/C28H22BrClN2O4S2/c1-3-35-27(34)24-16(2)31-28-32(25(24)22-5-4-12-37-22)26(33)23(38-28)14-18-8-11-21(20(29)13-18)36-15-17-6-9-19(30)10-7-17/h4-14,25H,3,15H2,1-2H3/b23-14-/t25-/m1/s1. The number of carbonyl (C=O) groups is 1. The maximum absolute atomic E-state index is 13.7. The number of halogens is 2. The summed E-state index contributed by atoms with van der Waals surface area (Å²) in [4.78, 5) is 32.6. The maximum atomic E-state index is 13.7. The van der Waals surface area contributed by atoms with Gasteiger partial charge in [0.25, 0.3) is 5.56 Å². The van der Waals surface area contributed by atoms with Crippen molar-refractivity contribution in [3.63, 3.8) is 0 Å². The molecule has 2 aromatic heterocycles. The Morgan fingerprint density at radius 2 is 2.00 bits per heavy atom. The van der Waals surface area contributed by atoms with Gasteiger partial charge in [-0.3, -0.25) is 9.36 Å². The third-order valence-corrected chi connectivity index (χ3v) is 8.67. The van der Waals surface area contributed by atoms with Gasteiger partial charge >= 0.3 is 5.97 Å². The van der Waals surface area contributed by atoms with Crippen molar-refractivity contribution < 1.29 is 14.3 Å². The van der Waals surface area contributed by atoms with Crippen LogP contribution in [0.1, 0.15) is 35.9 Å². The monoisotopic (exact) mass is 628 g/mol. The SMILES string of the molecule is CCOC(=O)C1=C(C)N=c2s/c(=C\c3ccc(OCc4ccc(Cl)cc4)c(Br)c3)c(=O)n2[C@@H]1c1cccs1. The van der Waals surface area contributed by atoms with E-state index < -0.39 is 12.0 Å². The van der Waals surface area contributed by atoms with Crippen molar-refractivity contribution in [1.29, 1.82) is 0 Å². The number of aromatic nitrogens is 1. The lowest BCUT2D eigenvalue weighted by molar-refractivity contribution is -0.139. The Bertz CT molecular complexity index is 1710. The minimum Gasteiger partial charge on any atom is -0.488 e. The number of fused-ring (bicyclic) bond motifs is 1. The zero-order valence-electron chi connectivity index (χ0n) is 20.4. The Morgan fingerprint density at radius 1 is 1.21 bits per heavy atom. The number of esters is 1. The molecule has 0 saturated carbocycles. The van der Waals surface area contributed by atoms with Crippen LogP contribution in [0.15, 0.2) is 85.5 Å². The molecule has 2 aromatic carbocycles. The molecular weight excluding hydrogens is 608 g/mol. The lowest BCUT2D eigenvalue weighted by atomic mass is 10.0. The van der Waals surface area contributed by atoms with Crippen LogP contribution in [0.25, 0.3) is 6.08 Å². The highest BCUT2D eigenvalue weighted by Gasteiger charge is 2.33. The molecule has 0 saturated heterocycles. The molecule has 0 bridgehead atoms. The van der Waals surface area contributed by atoms with Gasteiger partial charge in [-0.1, -0.05) is 47.2 Å². The van der Waals surface area contributed by atoms with Crippen LogP contribution in [0.5, 0.6) is 5.75 Å². The van der Waals surface area contributed by atoms with Crippen LogP contribution in [0, 0.1) is 0 Å². The zero-order chi connectivity index (χ0) is 26.8. The van der Waals surface area contributed by atoms with E-state index in [1.54, 1.807) is 18.4 Å². The number of allylic oxidation sites excluding steroid dienone is 1. The molecule has 6 nitrogen and oxygen atoms in total. The lowest BCUT2D eigenvalue weighted by Crippen LogP contribution is -2.39. The van der Waals surface area contributed by atoms with Crippen molar-refractivity contribution in [3.05, 3.63) is 116 Å². The number of ether oxygens (including phenoxy) is 2. The van der Waals surface area contributed by atoms with Gasteiger partial charge in [-0.15, -0.1) is 11.3 Å². The molecule has 5 rings (SSSR count). The fraction of sp³-hybridized carbons (Fsp3) is 0.179.